The van der Waals surface area contributed by atoms with Gasteiger partial charge in [-0.3, -0.25) is 9.20 Å². The fourth-order valence-electron chi connectivity index (χ4n) is 7.71. The summed E-state index contributed by atoms with van der Waals surface area (Å²) in [5, 5.41) is 5.76. The molecule has 11 nitrogen and oxygen atoms in total. The average Bonchev–Trinajstić information content (AvgIpc) is 3.62. The largest absolute Gasteiger partial charge is 0.496 e. The molecule has 13 heteroatoms. The molecule has 0 spiro atoms. The molecule has 2 fully saturated rings. The number of nitrogens with one attached hydrogen (secondary N) is 2. The summed E-state index contributed by atoms with van der Waals surface area (Å²) >= 11 is 0. The van der Waals surface area contributed by atoms with Gasteiger partial charge >= 0.3 is 0 Å². The van der Waals surface area contributed by atoms with Crippen LogP contribution in [0.25, 0.3) is 28.3 Å². The number of nitrogens with zero attached hydrogens (tertiary/aromatic N) is 6. The Kier molecular flexibility index (Phi) is 10.3. The van der Waals surface area contributed by atoms with Crippen molar-refractivity contribution in [1.29, 1.82) is 0 Å². The quantitative estimate of drug-likeness (QED) is 0.144. The molecule has 8 rings (SSSR count). The van der Waals surface area contributed by atoms with E-state index < -0.39 is 23.2 Å². The summed E-state index contributed by atoms with van der Waals surface area (Å²) in [6.45, 7) is 4.42. The van der Waals surface area contributed by atoms with Gasteiger partial charge in [0.25, 0.3) is 5.91 Å². The second-order valence-corrected chi connectivity index (χ2v) is 13.8. The minimum atomic E-state index is -0.892. The number of benzene rings is 3. The van der Waals surface area contributed by atoms with Crippen molar-refractivity contribution in [3.63, 3.8) is 0 Å². The second kappa shape index (κ2) is 15.7. The third-order valence-electron chi connectivity index (χ3n) is 10.5. The van der Waals surface area contributed by atoms with E-state index in [1.54, 1.807) is 37.6 Å². The Hall–Kier alpha value is -6.08. The molecule has 55 heavy (non-hydrogen) atoms. The van der Waals surface area contributed by atoms with Gasteiger partial charge in [0, 0.05) is 42.8 Å². The lowest BCUT2D eigenvalue weighted by atomic mass is 9.99. The van der Waals surface area contributed by atoms with E-state index in [0.717, 1.165) is 49.4 Å². The maximum absolute atomic E-state index is 14.5. The van der Waals surface area contributed by atoms with Gasteiger partial charge in [-0.2, -0.15) is 0 Å². The van der Waals surface area contributed by atoms with Crippen LogP contribution in [0.1, 0.15) is 42.5 Å². The molecule has 0 atom stereocenters. The molecule has 2 aliphatic heterocycles. The predicted octanol–water partition coefficient (Wildman–Crippen LogP) is 8.20. The maximum Gasteiger partial charge on any atom is 0.259 e. The van der Waals surface area contributed by atoms with Gasteiger partial charge in [0.05, 0.1) is 42.6 Å². The van der Waals surface area contributed by atoms with E-state index in [0.29, 0.717) is 46.0 Å². The monoisotopic (exact) mass is 744 g/mol. The number of imidazole rings is 1. The van der Waals surface area contributed by atoms with Gasteiger partial charge in [-0.25, -0.2) is 23.7 Å². The molecule has 3 aromatic heterocycles. The second-order valence-electron chi connectivity index (χ2n) is 13.8. The Morgan fingerprint density at radius 2 is 1.58 bits per heavy atom. The van der Waals surface area contributed by atoms with Crippen molar-refractivity contribution in [2.24, 2.45) is 0 Å². The highest BCUT2D eigenvalue weighted by Gasteiger charge is 2.27. The SMILES string of the molecule is COc1ccc(N2CCC(N3CCCCC3)CC2)cc1Nc1nccc(-c2c(-c3ccc(OC)c(C(=O)Nc4c(F)cccc4F)c3)nc3ccccn23)n1. The smallest absolute Gasteiger partial charge is 0.259 e. The zero-order valence-corrected chi connectivity index (χ0v) is 30.8. The zero-order chi connectivity index (χ0) is 37.9. The van der Waals surface area contributed by atoms with Crippen LogP contribution in [0.15, 0.2) is 91.3 Å². The van der Waals surface area contributed by atoms with Gasteiger partial charge in [0.2, 0.25) is 5.95 Å². The van der Waals surface area contributed by atoms with Gasteiger partial charge in [-0.15, -0.1) is 0 Å². The van der Waals surface area contributed by atoms with Crippen molar-refractivity contribution in [3.8, 4) is 34.1 Å². The number of amides is 1. The molecule has 0 saturated carbocycles. The third-order valence-corrected chi connectivity index (χ3v) is 10.5. The number of hydrogen-bond donors (Lipinski definition) is 2. The Bertz CT molecular complexity index is 2320. The number of ether oxygens (including phenoxy) is 2. The average molecular weight is 745 g/mol. The number of rotatable bonds is 10. The summed E-state index contributed by atoms with van der Waals surface area (Å²) in [4.78, 5) is 33.0. The van der Waals surface area contributed by atoms with E-state index in [1.807, 2.05) is 34.9 Å². The molecule has 5 heterocycles. The molecule has 6 aromatic rings. The minimum Gasteiger partial charge on any atom is -0.496 e. The fourth-order valence-corrected chi connectivity index (χ4v) is 7.71. The molecule has 0 radical (unpaired) electrons. The van der Waals surface area contributed by atoms with Gasteiger partial charge in [0.1, 0.15) is 34.5 Å². The first-order chi connectivity index (χ1) is 26.9. The van der Waals surface area contributed by atoms with Crippen molar-refractivity contribution in [3.05, 3.63) is 108 Å². The summed E-state index contributed by atoms with van der Waals surface area (Å²) < 4.78 is 42.1. The number of methoxy groups -OCH3 is 2. The molecule has 282 valence electrons. The summed E-state index contributed by atoms with van der Waals surface area (Å²) in [5.41, 5.74) is 4.32. The Morgan fingerprint density at radius 1 is 0.818 bits per heavy atom. The maximum atomic E-state index is 14.5. The standard InChI is InChI=1S/C42H42F2N8O3/c1-54-35-14-12-27(25-30(35)41(53)49-39-31(43)9-8-10-32(39)44)38-40(52-22-7-4-11-37(52)48-38)33-16-19-45-42(46-33)47-34-26-29(13-15-36(34)55-2)51-23-17-28(18-24-51)50-20-5-3-6-21-50/h4,7-16,19,22,25-26,28H,3,5-6,17-18,20-21,23-24H2,1-2H3,(H,49,53)(H,45,46,47). The molecule has 0 aliphatic carbocycles. The normalized spacial score (nSPS) is 15.2. The van der Waals surface area contributed by atoms with Crippen molar-refractivity contribution >= 4 is 34.6 Å². The van der Waals surface area contributed by atoms with Crippen LogP contribution in [0.3, 0.4) is 0 Å². The lowest BCUT2D eigenvalue weighted by Gasteiger charge is -2.41. The van der Waals surface area contributed by atoms with Crippen molar-refractivity contribution in [2.75, 3.05) is 55.9 Å². The van der Waals surface area contributed by atoms with Crippen molar-refractivity contribution in [2.45, 2.75) is 38.1 Å². The number of anilines is 4. The lowest BCUT2D eigenvalue weighted by Crippen LogP contribution is -2.46. The number of hydrogen-bond acceptors (Lipinski definition) is 9. The first kappa shape index (κ1) is 35.9. The van der Waals surface area contributed by atoms with Gasteiger partial charge in [0.15, 0.2) is 0 Å². The summed E-state index contributed by atoms with van der Waals surface area (Å²) in [6, 6.07) is 22.6. The number of pyridine rings is 1. The molecule has 0 bridgehead atoms. The number of likely N-dealkylation sites (tertiary alicyclic amines) is 1. The van der Waals surface area contributed by atoms with Crippen molar-refractivity contribution in [1.82, 2.24) is 24.3 Å². The number of piperidine rings is 2. The van der Waals surface area contributed by atoms with Crippen molar-refractivity contribution < 1.29 is 23.0 Å². The number of fused-ring (bicyclic) bond motifs is 1. The molecule has 2 saturated heterocycles. The summed E-state index contributed by atoms with van der Waals surface area (Å²) in [7, 11) is 3.06. The number of halogens is 2. The van der Waals surface area contributed by atoms with Crippen LogP contribution >= 0.6 is 0 Å². The number of carbonyl (C=O) groups is 1. The Balaban J connectivity index is 1.10. The molecule has 1 amide bonds. The Labute approximate surface area is 318 Å². The van der Waals surface area contributed by atoms with E-state index in [4.69, 9.17) is 19.4 Å². The third kappa shape index (κ3) is 7.39. The van der Waals surface area contributed by atoms with Crippen LogP contribution in [-0.2, 0) is 0 Å². The molecule has 0 unspecified atom stereocenters. The van der Waals surface area contributed by atoms with Gasteiger partial charge in [-0.1, -0.05) is 18.6 Å². The fraction of sp³-hybridized carbons (Fsp3) is 0.286. The molecule has 2 N–H and O–H groups in total. The van der Waals surface area contributed by atoms with Crippen LogP contribution < -0.4 is 25.0 Å². The molecule has 2 aliphatic rings. The van der Waals surface area contributed by atoms with Gasteiger partial charge in [-0.05, 0) is 106 Å². The van der Waals surface area contributed by atoms with Crippen LogP contribution in [0.4, 0.5) is 31.8 Å². The number of carbonyl (C=O) groups excluding carboxylic acids is 1. The van der Waals surface area contributed by atoms with Crippen LogP contribution in [-0.4, -0.2) is 76.6 Å². The van der Waals surface area contributed by atoms with E-state index in [9.17, 15) is 13.6 Å². The zero-order valence-electron chi connectivity index (χ0n) is 30.8. The van der Waals surface area contributed by atoms with E-state index in [2.05, 4.69) is 37.6 Å². The highest BCUT2D eigenvalue weighted by Crippen LogP contribution is 2.37. The van der Waals surface area contributed by atoms with Crippen LogP contribution in [0.2, 0.25) is 0 Å². The first-order valence-electron chi connectivity index (χ1n) is 18.6. The van der Waals surface area contributed by atoms with Gasteiger partial charge < -0.3 is 29.9 Å². The first-order valence-corrected chi connectivity index (χ1v) is 18.6. The lowest BCUT2D eigenvalue weighted by molar-refractivity contribution is 0.102. The summed E-state index contributed by atoms with van der Waals surface area (Å²) in [6.07, 6.45) is 9.80. The molecule has 3 aromatic carbocycles. The molecular weight excluding hydrogens is 703 g/mol. The minimum absolute atomic E-state index is 0.0680. The van der Waals surface area contributed by atoms with Crippen LogP contribution in [0.5, 0.6) is 11.5 Å². The number of aromatic nitrogens is 4. The van der Waals surface area contributed by atoms with E-state index >= 15 is 0 Å². The predicted molar refractivity (Wildman–Crippen MR) is 209 cm³/mol. The molecular formula is C42H42F2N8O3. The highest BCUT2D eigenvalue weighted by molar-refractivity contribution is 6.07. The topological polar surface area (TPSA) is 109 Å². The van der Waals surface area contributed by atoms with Crippen LogP contribution in [0, 0.1) is 11.6 Å². The summed E-state index contributed by atoms with van der Waals surface area (Å²) in [5.74, 6) is -1.29. The van der Waals surface area contributed by atoms with E-state index in [-0.39, 0.29) is 11.3 Å². The highest BCUT2D eigenvalue weighted by atomic mass is 19.1. The Morgan fingerprint density at radius 3 is 2.35 bits per heavy atom. The van der Waals surface area contributed by atoms with E-state index in [1.165, 1.54) is 45.5 Å². The number of para-hydroxylation sites is 1.